The van der Waals surface area contributed by atoms with Crippen molar-refractivity contribution in [3.8, 4) is 0 Å². The van der Waals surface area contributed by atoms with Crippen LogP contribution in [0.2, 0.25) is 0 Å². The molecule has 0 saturated heterocycles. The van der Waals surface area contributed by atoms with E-state index in [0.29, 0.717) is 11.1 Å². The molecule has 0 radical (unpaired) electrons. The molecule has 2 aromatic rings. The average Bonchev–Trinajstić information content (AvgIpc) is 2.49. The highest BCUT2D eigenvalue weighted by Crippen LogP contribution is 2.25. The lowest BCUT2D eigenvalue weighted by Crippen LogP contribution is -2.15. The molecule has 0 spiro atoms. The standard InChI is InChI=1S/C15H13N3O5/c1-10-2-7-13(14(8-10)18(22)23)16-15(19)9-11-3-5-12(6-4-11)17(20)21/h2-8H,9H2,1H3,(H,16,19). The fourth-order valence-electron chi connectivity index (χ4n) is 2.01. The predicted octanol–water partition coefficient (Wildman–Crippen LogP) is 2.99. The number of carbonyl (C=O) groups is 1. The molecule has 0 unspecified atom stereocenters. The number of nitro groups is 2. The number of hydrogen-bond acceptors (Lipinski definition) is 5. The molecule has 8 nitrogen and oxygen atoms in total. The minimum absolute atomic E-state index is 0.0387. The highest BCUT2D eigenvalue weighted by molar-refractivity contribution is 5.94. The monoisotopic (exact) mass is 315 g/mol. The lowest BCUT2D eigenvalue weighted by Gasteiger charge is -2.07. The van der Waals surface area contributed by atoms with Crippen LogP contribution in [0, 0.1) is 27.2 Å². The summed E-state index contributed by atoms with van der Waals surface area (Å²) in [6.45, 7) is 1.72. The van der Waals surface area contributed by atoms with Gasteiger partial charge in [0.15, 0.2) is 0 Å². The molecule has 118 valence electrons. The van der Waals surface area contributed by atoms with Crippen molar-refractivity contribution in [1.29, 1.82) is 0 Å². The lowest BCUT2D eigenvalue weighted by molar-refractivity contribution is -0.384. The van der Waals surface area contributed by atoms with Crippen LogP contribution in [0.5, 0.6) is 0 Å². The minimum atomic E-state index is -0.561. The van der Waals surface area contributed by atoms with E-state index in [-0.39, 0.29) is 23.5 Å². The molecule has 1 N–H and O–H groups in total. The number of nitro benzene ring substituents is 2. The van der Waals surface area contributed by atoms with Gasteiger partial charge in [-0.1, -0.05) is 18.2 Å². The first-order chi connectivity index (χ1) is 10.9. The van der Waals surface area contributed by atoms with Gasteiger partial charge in [-0.15, -0.1) is 0 Å². The van der Waals surface area contributed by atoms with E-state index in [4.69, 9.17) is 0 Å². The Morgan fingerprint density at radius 2 is 1.70 bits per heavy atom. The van der Waals surface area contributed by atoms with Crippen molar-refractivity contribution in [2.75, 3.05) is 5.32 Å². The van der Waals surface area contributed by atoms with Crippen LogP contribution in [0.15, 0.2) is 42.5 Å². The number of carbonyl (C=O) groups excluding carboxylic acids is 1. The summed E-state index contributed by atoms with van der Waals surface area (Å²) >= 11 is 0. The second-order valence-corrected chi connectivity index (χ2v) is 4.93. The number of nitrogens with zero attached hydrogens (tertiary/aromatic N) is 2. The van der Waals surface area contributed by atoms with E-state index < -0.39 is 15.8 Å². The van der Waals surface area contributed by atoms with Crippen LogP contribution in [-0.2, 0) is 11.2 Å². The minimum Gasteiger partial charge on any atom is -0.320 e. The number of amides is 1. The Bertz CT molecular complexity index is 771. The van der Waals surface area contributed by atoms with Crippen molar-refractivity contribution in [3.63, 3.8) is 0 Å². The Morgan fingerprint density at radius 1 is 1.04 bits per heavy atom. The third-order valence-electron chi connectivity index (χ3n) is 3.14. The Kier molecular flexibility index (Phi) is 4.65. The molecule has 0 fully saturated rings. The van der Waals surface area contributed by atoms with Crippen LogP contribution in [0.4, 0.5) is 17.1 Å². The smallest absolute Gasteiger partial charge is 0.293 e. The Morgan fingerprint density at radius 3 is 2.26 bits per heavy atom. The molecule has 0 saturated carbocycles. The highest BCUT2D eigenvalue weighted by Gasteiger charge is 2.16. The maximum Gasteiger partial charge on any atom is 0.293 e. The van der Waals surface area contributed by atoms with E-state index in [2.05, 4.69) is 5.32 Å². The Labute approximate surface area is 131 Å². The van der Waals surface area contributed by atoms with Crippen LogP contribution in [-0.4, -0.2) is 15.8 Å². The van der Waals surface area contributed by atoms with Gasteiger partial charge in [0, 0.05) is 18.2 Å². The van der Waals surface area contributed by atoms with Gasteiger partial charge < -0.3 is 5.32 Å². The molecular formula is C15H13N3O5. The maximum atomic E-state index is 12.0. The molecule has 0 aliphatic rings. The van der Waals surface area contributed by atoms with Gasteiger partial charge in [-0.25, -0.2) is 0 Å². The van der Waals surface area contributed by atoms with E-state index >= 15 is 0 Å². The summed E-state index contributed by atoms with van der Waals surface area (Å²) in [5.74, 6) is -0.439. The Balaban J connectivity index is 2.11. The van der Waals surface area contributed by atoms with Crippen LogP contribution < -0.4 is 5.32 Å². The van der Waals surface area contributed by atoms with Gasteiger partial charge in [-0.2, -0.15) is 0 Å². The number of nitrogens with one attached hydrogen (secondary N) is 1. The van der Waals surface area contributed by atoms with Crippen molar-refractivity contribution < 1.29 is 14.6 Å². The molecule has 1 amide bonds. The third kappa shape index (κ3) is 4.10. The number of rotatable bonds is 5. The van der Waals surface area contributed by atoms with Crippen LogP contribution >= 0.6 is 0 Å². The van der Waals surface area contributed by atoms with E-state index in [1.807, 2.05) is 0 Å². The first kappa shape index (κ1) is 16.1. The van der Waals surface area contributed by atoms with Gasteiger partial charge in [0.05, 0.1) is 16.3 Å². The van der Waals surface area contributed by atoms with Crippen molar-refractivity contribution in [2.45, 2.75) is 13.3 Å². The van der Waals surface area contributed by atoms with Crippen LogP contribution in [0.1, 0.15) is 11.1 Å². The highest BCUT2D eigenvalue weighted by atomic mass is 16.6. The molecule has 0 heterocycles. The zero-order chi connectivity index (χ0) is 17.0. The molecular weight excluding hydrogens is 302 g/mol. The van der Waals surface area contributed by atoms with E-state index in [0.717, 1.165) is 0 Å². The molecule has 23 heavy (non-hydrogen) atoms. The largest absolute Gasteiger partial charge is 0.320 e. The zero-order valence-electron chi connectivity index (χ0n) is 12.2. The summed E-state index contributed by atoms with van der Waals surface area (Å²) in [6, 6.07) is 10.1. The summed E-state index contributed by atoms with van der Waals surface area (Å²) < 4.78 is 0. The Hall–Kier alpha value is -3.29. The molecule has 8 heteroatoms. The lowest BCUT2D eigenvalue weighted by atomic mass is 10.1. The molecule has 0 aromatic heterocycles. The first-order valence-electron chi connectivity index (χ1n) is 6.65. The molecule has 0 aliphatic carbocycles. The number of hydrogen-bond donors (Lipinski definition) is 1. The van der Waals surface area contributed by atoms with Gasteiger partial charge in [-0.3, -0.25) is 25.0 Å². The normalized spacial score (nSPS) is 10.1. The van der Waals surface area contributed by atoms with Crippen LogP contribution in [0.25, 0.3) is 0 Å². The van der Waals surface area contributed by atoms with Crippen LogP contribution in [0.3, 0.4) is 0 Å². The van der Waals surface area contributed by atoms with E-state index in [1.165, 1.54) is 36.4 Å². The van der Waals surface area contributed by atoms with Gasteiger partial charge in [0.2, 0.25) is 5.91 Å². The summed E-state index contributed by atoms with van der Waals surface area (Å²) in [4.78, 5) is 32.5. The molecule has 2 aromatic carbocycles. The van der Waals surface area contributed by atoms with Gasteiger partial charge in [-0.05, 0) is 24.1 Å². The zero-order valence-corrected chi connectivity index (χ0v) is 12.2. The summed E-state index contributed by atoms with van der Waals surface area (Å²) in [5.41, 5.74) is 1.16. The fraction of sp³-hybridized carbons (Fsp3) is 0.133. The summed E-state index contributed by atoms with van der Waals surface area (Å²) in [5, 5.41) is 24.1. The quantitative estimate of drug-likeness (QED) is 0.672. The van der Waals surface area contributed by atoms with Gasteiger partial charge in [0.25, 0.3) is 11.4 Å². The summed E-state index contributed by atoms with van der Waals surface area (Å²) in [6.07, 6.45) is -0.0387. The maximum absolute atomic E-state index is 12.0. The van der Waals surface area contributed by atoms with E-state index in [1.54, 1.807) is 13.0 Å². The van der Waals surface area contributed by atoms with Crippen molar-refractivity contribution in [2.24, 2.45) is 0 Å². The topological polar surface area (TPSA) is 115 Å². The molecule has 2 rings (SSSR count). The number of anilines is 1. The third-order valence-corrected chi connectivity index (χ3v) is 3.14. The second kappa shape index (κ2) is 6.65. The average molecular weight is 315 g/mol. The van der Waals surface area contributed by atoms with E-state index in [9.17, 15) is 25.0 Å². The predicted molar refractivity (Wildman–Crippen MR) is 83.3 cm³/mol. The van der Waals surface area contributed by atoms with Crippen molar-refractivity contribution >= 4 is 23.0 Å². The molecule has 0 aliphatic heterocycles. The summed E-state index contributed by atoms with van der Waals surface area (Å²) in [7, 11) is 0. The SMILES string of the molecule is Cc1ccc(NC(=O)Cc2ccc([N+](=O)[O-])cc2)c([N+](=O)[O-])c1. The second-order valence-electron chi connectivity index (χ2n) is 4.93. The number of aryl methyl sites for hydroxylation is 1. The number of non-ortho nitro benzene ring substituents is 1. The first-order valence-corrected chi connectivity index (χ1v) is 6.65. The number of benzene rings is 2. The molecule has 0 bridgehead atoms. The van der Waals surface area contributed by atoms with Crippen molar-refractivity contribution in [1.82, 2.24) is 0 Å². The van der Waals surface area contributed by atoms with Gasteiger partial charge in [0.1, 0.15) is 5.69 Å². The molecule has 0 atom stereocenters. The fourth-order valence-corrected chi connectivity index (χ4v) is 2.01. The van der Waals surface area contributed by atoms with Gasteiger partial charge >= 0.3 is 0 Å². The van der Waals surface area contributed by atoms with Crippen molar-refractivity contribution in [3.05, 3.63) is 73.8 Å².